The fourth-order valence-electron chi connectivity index (χ4n) is 1.94. The maximum atomic E-state index is 5.38. The SMILES string of the molecule is CCCCC1(CCN(C)CC)COC1. The summed E-state index contributed by atoms with van der Waals surface area (Å²) in [5, 5.41) is 0. The van der Waals surface area contributed by atoms with Crippen molar-refractivity contribution in [2.75, 3.05) is 33.4 Å². The zero-order valence-corrected chi connectivity index (χ0v) is 10.0. The Balaban J connectivity index is 2.23. The number of nitrogens with zero attached hydrogens (tertiary/aromatic N) is 1. The summed E-state index contributed by atoms with van der Waals surface area (Å²) in [5.41, 5.74) is 0.541. The highest BCUT2D eigenvalue weighted by atomic mass is 16.5. The molecule has 0 unspecified atom stereocenters. The van der Waals surface area contributed by atoms with Crippen LogP contribution in [0.25, 0.3) is 0 Å². The minimum Gasteiger partial charge on any atom is -0.380 e. The van der Waals surface area contributed by atoms with Crippen LogP contribution in [-0.4, -0.2) is 38.3 Å². The molecule has 2 nitrogen and oxygen atoms in total. The molecule has 0 spiro atoms. The minimum atomic E-state index is 0.541. The molecular weight excluding hydrogens is 174 g/mol. The predicted molar refractivity (Wildman–Crippen MR) is 60.6 cm³/mol. The van der Waals surface area contributed by atoms with Crippen LogP contribution in [0.15, 0.2) is 0 Å². The highest BCUT2D eigenvalue weighted by molar-refractivity contribution is 4.86. The summed E-state index contributed by atoms with van der Waals surface area (Å²) in [6.07, 6.45) is 5.35. The van der Waals surface area contributed by atoms with Crippen LogP contribution >= 0.6 is 0 Å². The van der Waals surface area contributed by atoms with Gasteiger partial charge in [-0.25, -0.2) is 0 Å². The molecule has 0 radical (unpaired) electrons. The van der Waals surface area contributed by atoms with Gasteiger partial charge in [0.2, 0.25) is 0 Å². The Bertz CT molecular complexity index is 154. The fraction of sp³-hybridized carbons (Fsp3) is 1.00. The van der Waals surface area contributed by atoms with Gasteiger partial charge in [0, 0.05) is 5.41 Å². The van der Waals surface area contributed by atoms with Crippen molar-refractivity contribution in [3.8, 4) is 0 Å². The van der Waals surface area contributed by atoms with E-state index in [-0.39, 0.29) is 0 Å². The van der Waals surface area contributed by atoms with Gasteiger partial charge in [0.1, 0.15) is 0 Å². The molecule has 0 aromatic carbocycles. The van der Waals surface area contributed by atoms with Crippen molar-refractivity contribution in [1.82, 2.24) is 4.90 Å². The van der Waals surface area contributed by atoms with Crippen molar-refractivity contribution in [1.29, 1.82) is 0 Å². The van der Waals surface area contributed by atoms with E-state index in [2.05, 4.69) is 25.8 Å². The first kappa shape index (κ1) is 12.0. The summed E-state index contributed by atoms with van der Waals surface area (Å²) in [6.45, 7) is 8.88. The molecule has 2 heteroatoms. The van der Waals surface area contributed by atoms with Crippen LogP contribution in [0.1, 0.15) is 39.5 Å². The number of unbranched alkanes of at least 4 members (excludes halogenated alkanes) is 1. The van der Waals surface area contributed by atoms with Crippen molar-refractivity contribution >= 4 is 0 Å². The Morgan fingerprint density at radius 2 is 1.93 bits per heavy atom. The van der Waals surface area contributed by atoms with Gasteiger partial charge in [0.15, 0.2) is 0 Å². The number of ether oxygens (including phenoxy) is 1. The molecule has 0 bridgehead atoms. The largest absolute Gasteiger partial charge is 0.380 e. The van der Waals surface area contributed by atoms with Gasteiger partial charge in [-0.2, -0.15) is 0 Å². The molecule has 0 atom stereocenters. The quantitative estimate of drug-likeness (QED) is 0.625. The second-order valence-corrected chi connectivity index (χ2v) is 4.74. The summed E-state index contributed by atoms with van der Waals surface area (Å²) in [6, 6.07) is 0. The molecule has 1 fully saturated rings. The Morgan fingerprint density at radius 3 is 2.36 bits per heavy atom. The van der Waals surface area contributed by atoms with Crippen LogP contribution in [0.4, 0.5) is 0 Å². The fourth-order valence-corrected chi connectivity index (χ4v) is 1.94. The first-order chi connectivity index (χ1) is 6.72. The van der Waals surface area contributed by atoms with Crippen molar-refractivity contribution in [2.45, 2.75) is 39.5 Å². The van der Waals surface area contributed by atoms with Crippen LogP contribution in [0.5, 0.6) is 0 Å². The van der Waals surface area contributed by atoms with Crippen LogP contribution in [0.2, 0.25) is 0 Å². The van der Waals surface area contributed by atoms with E-state index < -0.39 is 0 Å². The van der Waals surface area contributed by atoms with E-state index in [4.69, 9.17) is 4.74 Å². The molecule has 0 saturated carbocycles. The van der Waals surface area contributed by atoms with Gasteiger partial charge in [-0.1, -0.05) is 26.7 Å². The van der Waals surface area contributed by atoms with Crippen LogP contribution < -0.4 is 0 Å². The average molecular weight is 199 g/mol. The summed E-state index contributed by atoms with van der Waals surface area (Å²) in [5.74, 6) is 0. The Hall–Kier alpha value is -0.0800. The average Bonchev–Trinajstić information content (AvgIpc) is 2.15. The first-order valence-electron chi connectivity index (χ1n) is 5.99. The molecule has 0 amide bonds. The minimum absolute atomic E-state index is 0.541. The van der Waals surface area contributed by atoms with Crippen LogP contribution in [0.3, 0.4) is 0 Å². The normalized spacial score (nSPS) is 19.7. The number of hydrogen-bond donors (Lipinski definition) is 0. The lowest BCUT2D eigenvalue weighted by Crippen LogP contribution is -2.44. The van der Waals surface area contributed by atoms with Crippen molar-refractivity contribution in [2.24, 2.45) is 5.41 Å². The monoisotopic (exact) mass is 199 g/mol. The maximum absolute atomic E-state index is 5.38. The Morgan fingerprint density at radius 1 is 1.21 bits per heavy atom. The molecule has 1 heterocycles. The van der Waals surface area contributed by atoms with E-state index in [9.17, 15) is 0 Å². The lowest BCUT2D eigenvalue weighted by atomic mass is 9.78. The number of hydrogen-bond acceptors (Lipinski definition) is 2. The van der Waals surface area contributed by atoms with E-state index in [1.165, 1.54) is 32.2 Å². The van der Waals surface area contributed by atoms with Gasteiger partial charge < -0.3 is 9.64 Å². The molecule has 1 rings (SSSR count). The lowest BCUT2D eigenvalue weighted by molar-refractivity contribution is -0.124. The number of rotatable bonds is 7. The summed E-state index contributed by atoms with van der Waals surface area (Å²) >= 11 is 0. The molecule has 84 valence electrons. The smallest absolute Gasteiger partial charge is 0.0545 e. The van der Waals surface area contributed by atoms with Gasteiger partial charge in [-0.3, -0.25) is 0 Å². The van der Waals surface area contributed by atoms with Crippen molar-refractivity contribution in [3.05, 3.63) is 0 Å². The summed E-state index contributed by atoms with van der Waals surface area (Å²) < 4.78 is 5.38. The highest BCUT2D eigenvalue weighted by Crippen LogP contribution is 2.36. The van der Waals surface area contributed by atoms with Crippen molar-refractivity contribution < 1.29 is 4.74 Å². The molecule has 0 N–H and O–H groups in total. The van der Waals surface area contributed by atoms with Crippen LogP contribution in [0, 0.1) is 5.41 Å². The van der Waals surface area contributed by atoms with E-state index in [1.54, 1.807) is 0 Å². The summed E-state index contributed by atoms with van der Waals surface area (Å²) in [4.78, 5) is 2.39. The molecule has 0 aliphatic carbocycles. The molecule has 1 saturated heterocycles. The molecule has 0 aromatic rings. The third-order valence-electron chi connectivity index (χ3n) is 3.44. The Labute approximate surface area is 88.6 Å². The third kappa shape index (κ3) is 3.25. The molecule has 14 heavy (non-hydrogen) atoms. The molecule has 0 aromatic heterocycles. The zero-order valence-electron chi connectivity index (χ0n) is 10.0. The zero-order chi connectivity index (χ0) is 10.4. The standard InChI is InChI=1S/C12H25NO/c1-4-6-7-12(10-14-11-12)8-9-13(3)5-2/h4-11H2,1-3H3. The van der Waals surface area contributed by atoms with E-state index in [1.807, 2.05) is 0 Å². The van der Waals surface area contributed by atoms with Gasteiger partial charge in [-0.05, 0) is 33.0 Å². The van der Waals surface area contributed by atoms with Crippen molar-refractivity contribution in [3.63, 3.8) is 0 Å². The Kier molecular flexibility index (Phi) is 4.90. The van der Waals surface area contributed by atoms with Gasteiger partial charge in [0.25, 0.3) is 0 Å². The van der Waals surface area contributed by atoms with E-state index in [0.717, 1.165) is 19.8 Å². The van der Waals surface area contributed by atoms with Gasteiger partial charge in [-0.15, -0.1) is 0 Å². The van der Waals surface area contributed by atoms with E-state index in [0.29, 0.717) is 5.41 Å². The highest BCUT2D eigenvalue weighted by Gasteiger charge is 2.37. The lowest BCUT2D eigenvalue weighted by Gasteiger charge is -2.42. The molecule has 1 aliphatic rings. The van der Waals surface area contributed by atoms with E-state index >= 15 is 0 Å². The van der Waals surface area contributed by atoms with Gasteiger partial charge >= 0.3 is 0 Å². The second kappa shape index (κ2) is 5.72. The molecular formula is C12H25NO. The topological polar surface area (TPSA) is 12.5 Å². The first-order valence-corrected chi connectivity index (χ1v) is 5.99. The molecule has 1 aliphatic heterocycles. The second-order valence-electron chi connectivity index (χ2n) is 4.74. The predicted octanol–water partition coefficient (Wildman–Crippen LogP) is 2.54. The third-order valence-corrected chi connectivity index (χ3v) is 3.44. The van der Waals surface area contributed by atoms with Gasteiger partial charge in [0.05, 0.1) is 13.2 Å². The summed E-state index contributed by atoms with van der Waals surface area (Å²) in [7, 11) is 2.20. The van der Waals surface area contributed by atoms with Crippen LogP contribution in [-0.2, 0) is 4.74 Å². The maximum Gasteiger partial charge on any atom is 0.0545 e.